The van der Waals surface area contributed by atoms with Crippen LogP contribution < -0.4 is 0 Å². The fourth-order valence-corrected chi connectivity index (χ4v) is 2.00. The van der Waals surface area contributed by atoms with Crippen LogP contribution in [0.3, 0.4) is 0 Å². The maximum absolute atomic E-state index is 11.5. The van der Waals surface area contributed by atoms with Gasteiger partial charge in [0, 0.05) is 11.6 Å². The van der Waals surface area contributed by atoms with Crippen LogP contribution >= 0.6 is 0 Å². The lowest BCUT2D eigenvalue weighted by Gasteiger charge is -2.04. The fraction of sp³-hybridized carbons (Fsp3) is 0.333. The molecule has 0 bridgehead atoms. The van der Waals surface area contributed by atoms with Crippen LogP contribution in [0, 0.1) is 0 Å². The fourth-order valence-electron chi connectivity index (χ4n) is 2.00. The van der Waals surface area contributed by atoms with E-state index in [0.29, 0.717) is 6.04 Å². The number of Topliss-reactive ketones (excluding diaryl/α,β-unsaturated/α-hetero) is 1. The molecule has 0 atom stereocenters. The van der Waals surface area contributed by atoms with E-state index < -0.39 is 0 Å². The highest BCUT2D eigenvalue weighted by Gasteiger charge is 2.26. The van der Waals surface area contributed by atoms with E-state index in [0.717, 1.165) is 16.6 Å². The van der Waals surface area contributed by atoms with Crippen LogP contribution in [0.2, 0.25) is 0 Å². The van der Waals surface area contributed by atoms with Gasteiger partial charge >= 0.3 is 0 Å². The van der Waals surface area contributed by atoms with Crippen LogP contribution in [0.15, 0.2) is 24.5 Å². The molecule has 0 spiro atoms. The van der Waals surface area contributed by atoms with Crippen molar-refractivity contribution < 1.29 is 4.79 Å². The second-order valence-electron chi connectivity index (χ2n) is 4.11. The number of carbonyl (C=O) groups is 1. The van der Waals surface area contributed by atoms with Crippen molar-refractivity contribution in [3.05, 3.63) is 30.1 Å². The second kappa shape index (κ2) is 2.92. The maximum Gasteiger partial charge on any atom is 0.161 e. The summed E-state index contributed by atoms with van der Waals surface area (Å²) in [4.78, 5) is 15.8. The quantitative estimate of drug-likeness (QED) is 0.698. The lowest BCUT2D eigenvalue weighted by Crippen LogP contribution is -1.99. The average molecular weight is 200 g/mol. The van der Waals surface area contributed by atoms with Crippen LogP contribution in [0.1, 0.15) is 36.2 Å². The molecule has 0 N–H and O–H groups in total. The minimum absolute atomic E-state index is 0.114. The number of para-hydroxylation sites is 1. The Labute approximate surface area is 87.7 Å². The number of rotatable bonds is 2. The zero-order chi connectivity index (χ0) is 10.4. The number of imidazole rings is 1. The molecule has 1 fully saturated rings. The Hall–Kier alpha value is -1.64. The van der Waals surface area contributed by atoms with Crippen LogP contribution in [0.4, 0.5) is 0 Å². The van der Waals surface area contributed by atoms with E-state index in [1.807, 2.05) is 24.5 Å². The molecule has 0 aliphatic heterocycles. The van der Waals surface area contributed by atoms with Crippen molar-refractivity contribution in [3.63, 3.8) is 0 Å². The van der Waals surface area contributed by atoms with Crippen molar-refractivity contribution in [1.29, 1.82) is 0 Å². The molecule has 1 aliphatic carbocycles. The molecule has 1 aromatic heterocycles. The molecule has 1 aliphatic rings. The minimum atomic E-state index is 0.114. The SMILES string of the molecule is CC(=O)c1cccc2ncn(C3CC3)c12. The van der Waals surface area contributed by atoms with E-state index in [4.69, 9.17) is 0 Å². The number of benzene rings is 1. The third-order valence-electron chi connectivity index (χ3n) is 2.91. The Kier molecular flexibility index (Phi) is 1.69. The molecular formula is C12H12N2O. The first-order chi connectivity index (χ1) is 7.27. The summed E-state index contributed by atoms with van der Waals surface area (Å²) < 4.78 is 2.14. The molecule has 1 aromatic carbocycles. The molecule has 0 radical (unpaired) electrons. The van der Waals surface area contributed by atoms with E-state index in [1.54, 1.807) is 6.92 Å². The zero-order valence-corrected chi connectivity index (χ0v) is 8.60. The molecule has 3 nitrogen and oxygen atoms in total. The van der Waals surface area contributed by atoms with Gasteiger partial charge in [0.15, 0.2) is 5.78 Å². The number of ketones is 1. The first kappa shape index (κ1) is 8.65. The lowest BCUT2D eigenvalue weighted by atomic mass is 10.1. The van der Waals surface area contributed by atoms with Crippen molar-refractivity contribution in [2.24, 2.45) is 0 Å². The van der Waals surface area contributed by atoms with Gasteiger partial charge < -0.3 is 4.57 Å². The number of fused-ring (bicyclic) bond motifs is 1. The summed E-state index contributed by atoms with van der Waals surface area (Å²) >= 11 is 0. The first-order valence-corrected chi connectivity index (χ1v) is 5.24. The lowest BCUT2D eigenvalue weighted by molar-refractivity contribution is 0.101. The summed E-state index contributed by atoms with van der Waals surface area (Å²) in [5.74, 6) is 0.114. The van der Waals surface area contributed by atoms with Crippen LogP contribution in [0.25, 0.3) is 11.0 Å². The van der Waals surface area contributed by atoms with Gasteiger partial charge in [-0.05, 0) is 31.9 Å². The van der Waals surface area contributed by atoms with Gasteiger partial charge in [0.2, 0.25) is 0 Å². The Morgan fingerprint density at radius 1 is 1.47 bits per heavy atom. The summed E-state index contributed by atoms with van der Waals surface area (Å²) in [5, 5.41) is 0. The highest BCUT2D eigenvalue weighted by molar-refractivity contribution is 6.05. The number of aromatic nitrogens is 2. The molecule has 0 saturated heterocycles. The van der Waals surface area contributed by atoms with Gasteiger partial charge in [0.1, 0.15) is 0 Å². The topological polar surface area (TPSA) is 34.9 Å². The predicted octanol–water partition coefficient (Wildman–Crippen LogP) is 2.57. The summed E-state index contributed by atoms with van der Waals surface area (Å²) in [6.45, 7) is 1.61. The van der Waals surface area contributed by atoms with E-state index in [-0.39, 0.29) is 5.78 Å². The molecule has 15 heavy (non-hydrogen) atoms. The first-order valence-electron chi connectivity index (χ1n) is 5.24. The largest absolute Gasteiger partial charge is 0.327 e. The monoisotopic (exact) mass is 200 g/mol. The Morgan fingerprint density at radius 2 is 2.27 bits per heavy atom. The predicted molar refractivity (Wildman–Crippen MR) is 58.0 cm³/mol. The highest BCUT2D eigenvalue weighted by atomic mass is 16.1. The van der Waals surface area contributed by atoms with Gasteiger partial charge in [-0.1, -0.05) is 6.07 Å². The highest BCUT2D eigenvalue weighted by Crippen LogP contribution is 2.37. The van der Waals surface area contributed by atoms with Crippen LogP contribution in [0.5, 0.6) is 0 Å². The van der Waals surface area contributed by atoms with Gasteiger partial charge in [-0.15, -0.1) is 0 Å². The average Bonchev–Trinajstić information content (AvgIpc) is 2.97. The number of nitrogens with zero attached hydrogens (tertiary/aromatic N) is 2. The van der Waals surface area contributed by atoms with E-state index in [2.05, 4.69) is 9.55 Å². The second-order valence-corrected chi connectivity index (χ2v) is 4.11. The van der Waals surface area contributed by atoms with Gasteiger partial charge in [-0.25, -0.2) is 4.98 Å². The standard InChI is InChI=1S/C12H12N2O/c1-8(15)10-3-2-4-11-12(10)14(7-13-11)9-5-6-9/h2-4,7,9H,5-6H2,1H3. The molecule has 0 amide bonds. The van der Waals surface area contributed by atoms with Gasteiger partial charge in [0.05, 0.1) is 17.4 Å². The molecule has 0 unspecified atom stereocenters. The van der Waals surface area contributed by atoms with Crippen molar-refractivity contribution in [2.75, 3.05) is 0 Å². The molecule has 1 heterocycles. The van der Waals surface area contributed by atoms with Crippen LogP contribution in [-0.2, 0) is 0 Å². The summed E-state index contributed by atoms with van der Waals surface area (Å²) in [7, 11) is 0. The summed E-state index contributed by atoms with van der Waals surface area (Å²) in [6.07, 6.45) is 4.27. The van der Waals surface area contributed by atoms with Crippen molar-refractivity contribution in [3.8, 4) is 0 Å². The third-order valence-corrected chi connectivity index (χ3v) is 2.91. The summed E-state index contributed by atoms with van der Waals surface area (Å²) in [6, 6.07) is 6.30. The Balaban J connectivity index is 2.33. The van der Waals surface area contributed by atoms with E-state index in [1.165, 1.54) is 12.8 Å². The van der Waals surface area contributed by atoms with Gasteiger partial charge in [-0.2, -0.15) is 0 Å². The minimum Gasteiger partial charge on any atom is -0.327 e. The number of carbonyl (C=O) groups excluding carboxylic acids is 1. The molecule has 76 valence electrons. The Bertz CT molecular complexity index is 538. The molecule has 3 heteroatoms. The normalized spacial score (nSPS) is 15.8. The third kappa shape index (κ3) is 1.27. The zero-order valence-electron chi connectivity index (χ0n) is 8.60. The summed E-state index contributed by atoms with van der Waals surface area (Å²) in [5.41, 5.74) is 2.72. The molecule has 3 rings (SSSR count). The smallest absolute Gasteiger partial charge is 0.161 e. The Morgan fingerprint density at radius 3 is 2.93 bits per heavy atom. The van der Waals surface area contributed by atoms with Crippen molar-refractivity contribution in [1.82, 2.24) is 9.55 Å². The molecule has 1 saturated carbocycles. The maximum atomic E-state index is 11.5. The number of hydrogen-bond acceptors (Lipinski definition) is 2. The van der Waals surface area contributed by atoms with Crippen LogP contribution in [-0.4, -0.2) is 15.3 Å². The van der Waals surface area contributed by atoms with Gasteiger partial charge in [-0.3, -0.25) is 4.79 Å². The number of hydrogen-bond donors (Lipinski definition) is 0. The van der Waals surface area contributed by atoms with E-state index >= 15 is 0 Å². The molecule has 2 aromatic rings. The van der Waals surface area contributed by atoms with Gasteiger partial charge in [0.25, 0.3) is 0 Å². The molecular weight excluding hydrogens is 188 g/mol. The van der Waals surface area contributed by atoms with E-state index in [9.17, 15) is 4.79 Å². The van der Waals surface area contributed by atoms with Crippen molar-refractivity contribution >= 4 is 16.8 Å². The van der Waals surface area contributed by atoms with Crippen molar-refractivity contribution in [2.45, 2.75) is 25.8 Å².